The smallest absolute Gasteiger partial charge is 0.223 e. The number of carbonyl (C=O) groups is 1. The molecule has 1 amide bonds. The first-order chi connectivity index (χ1) is 13.5. The van der Waals surface area contributed by atoms with Crippen molar-refractivity contribution in [1.29, 1.82) is 0 Å². The third kappa shape index (κ3) is 5.36. The number of nitrogens with zero attached hydrogens (tertiary/aromatic N) is 2. The molecule has 0 bridgehead atoms. The van der Waals surface area contributed by atoms with Gasteiger partial charge in [-0.2, -0.15) is 5.10 Å². The number of carbonyl (C=O) groups excluding carboxylic acids is 1. The van der Waals surface area contributed by atoms with Gasteiger partial charge in [0.1, 0.15) is 5.75 Å². The lowest BCUT2D eigenvalue weighted by Crippen LogP contribution is -2.25. The number of benzene rings is 2. The molecule has 0 spiro atoms. The first-order valence-electron chi connectivity index (χ1n) is 9.25. The molecule has 3 aromatic rings. The van der Waals surface area contributed by atoms with Crippen molar-refractivity contribution >= 4 is 17.5 Å². The van der Waals surface area contributed by atoms with Crippen molar-refractivity contribution in [2.75, 3.05) is 6.61 Å². The van der Waals surface area contributed by atoms with E-state index < -0.39 is 0 Å². The van der Waals surface area contributed by atoms with Crippen LogP contribution in [0.2, 0.25) is 5.02 Å². The molecule has 0 aliphatic heterocycles. The minimum absolute atomic E-state index is 0.0522. The summed E-state index contributed by atoms with van der Waals surface area (Å²) in [6, 6.07) is 17.3. The van der Waals surface area contributed by atoms with Crippen LogP contribution in [-0.4, -0.2) is 22.3 Å². The SMILES string of the molecule is Cc1nn(Cc2ccccc2)c(C)c1CNC(=O)CCOc1ccc(Cl)cc1. The minimum atomic E-state index is -0.0522. The van der Waals surface area contributed by atoms with Crippen LogP contribution in [0.15, 0.2) is 54.6 Å². The van der Waals surface area contributed by atoms with E-state index in [1.165, 1.54) is 5.56 Å². The van der Waals surface area contributed by atoms with Gasteiger partial charge in [-0.15, -0.1) is 0 Å². The molecule has 6 heteroatoms. The van der Waals surface area contributed by atoms with Crippen molar-refractivity contribution < 1.29 is 9.53 Å². The van der Waals surface area contributed by atoms with Crippen LogP contribution in [0.25, 0.3) is 0 Å². The molecule has 1 aromatic heterocycles. The Kier molecular flexibility index (Phi) is 6.71. The highest BCUT2D eigenvalue weighted by molar-refractivity contribution is 6.30. The standard InChI is InChI=1S/C22H24ClN3O2/c1-16-21(17(2)26(25-16)15-18-6-4-3-5-7-18)14-24-22(27)12-13-28-20-10-8-19(23)9-11-20/h3-11H,12-15H2,1-2H3,(H,24,27). The number of halogens is 1. The fraction of sp³-hybridized carbons (Fsp3) is 0.273. The fourth-order valence-electron chi connectivity index (χ4n) is 2.97. The van der Waals surface area contributed by atoms with Crippen LogP contribution < -0.4 is 10.1 Å². The van der Waals surface area contributed by atoms with Crippen molar-refractivity contribution in [3.05, 3.63) is 82.1 Å². The average Bonchev–Trinajstić information content (AvgIpc) is 2.95. The summed E-state index contributed by atoms with van der Waals surface area (Å²) in [5.41, 5.74) is 4.26. The molecule has 0 aliphatic rings. The van der Waals surface area contributed by atoms with Gasteiger partial charge in [-0.05, 0) is 43.7 Å². The van der Waals surface area contributed by atoms with E-state index in [1.807, 2.05) is 36.7 Å². The molecule has 0 radical (unpaired) electrons. The van der Waals surface area contributed by atoms with Crippen molar-refractivity contribution in [3.63, 3.8) is 0 Å². The van der Waals surface area contributed by atoms with Crippen LogP contribution in [0.3, 0.4) is 0 Å². The van der Waals surface area contributed by atoms with E-state index in [4.69, 9.17) is 16.3 Å². The van der Waals surface area contributed by atoms with E-state index in [0.29, 0.717) is 30.3 Å². The molecule has 5 nitrogen and oxygen atoms in total. The normalized spacial score (nSPS) is 10.7. The maximum Gasteiger partial charge on any atom is 0.223 e. The van der Waals surface area contributed by atoms with Gasteiger partial charge in [0, 0.05) is 22.8 Å². The van der Waals surface area contributed by atoms with Crippen molar-refractivity contribution in [1.82, 2.24) is 15.1 Å². The third-order valence-electron chi connectivity index (χ3n) is 4.58. The zero-order valence-corrected chi connectivity index (χ0v) is 16.9. The molecule has 0 aliphatic carbocycles. The quantitative estimate of drug-likeness (QED) is 0.617. The summed E-state index contributed by atoms with van der Waals surface area (Å²) >= 11 is 5.84. The largest absolute Gasteiger partial charge is 0.493 e. The van der Waals surface area contributed by atoms with E-state index in [2.05, 4.69) is 22.5 Å². The molecule has 0 fully saturated rings. The van der Waals surface area contributed by atoms with Crippen molar-refractivity contribution in [2.24, 2.45) is 0 Å². The molecule has 2 aromatic carbocycles. The molecule has 1 N–H and O–H groups in total. The molecule has 1 heterocycles. The Bertz CT molecular complexity index is 921. The summed E-state index contributed by atoms with van der Waals surface area (Å²) in [5, 5.41) is 8.24. The van der Waals surface area contributed by atoms with E-state index in [9.17, 15) is 4.79 Å². The second kappa shape index (κ2) is 9.42. The fourth-order valence-corrected chi connectivity index (χ4v) is 3.09. The number of amides is 1. The average molecular weight is 398 g/mol. The topological polar surface area (TPSA) is 56.2 Å². The summed E-state index contributed by atoms with van der Waals surface area (Å²) in [5.74, 6) is 0.648. The summed E-state index contributed by atoms with van der Waals surface area (Å²) in [7, 11) is 0. The minimum Gasteiger partial charge on any atom is -0.493 e. The Balaban J connectivity index is 1.49. The lowest BCUT2D eigenvalue weighted by atomic mass is 10.2. The van der Waals surface area contributed by atoms with Crippen LogP contribution in [0.1, 0.15) is 28.9 Å². The van der Waals surface area contributed by atoms with Crippen LogP contribution in [0, 0.1) is 13.8 Å². The van der Waals surface area contributed by atoms with Crippen LogP contribution in [0.5, 0.6) is 5.75 Å². The second-order valence-corrected chi connectivity index (χ2v) is 7.06. The van der Waals surface area contributed by atoms with Crippen LogP contribution in [-0.2, 0) is 17.9 Å². The third-order valence-corrected chi connectivity index (χ3v) is 4.83. The predicted molar refractivity (Wildman–Crippen MR) is 111 cm³/mol. The summed E-state index contributed by atoms with van der Waals surface area (Å²) in [4.78, 5) is 12.1. The maximum atomic E-state index is 12.1. The lowest BCUT2D eigenvalue weighted by Gasteiger charge is -2.08. The van der Waals surface area contributed by atoms with Gasteiger partial charge in [0.15, 0.2) is 0 Å². The van der Waals surface area contributed by atoms with Gasteiger partial charge in [0.25, 0.3) is 0 Å². The molecule has 3 rings (SSSR count). The van der Waals surface area contributed by atoms with Gasteiger partial charge < -0.3 is 10.1 Å². The van der Waals surface area contributed by atoms with E-state index in [-0.39, 0.29) is 5.91 Å². The monoisotopic (exact) mass is 397 g/mol. The van der Waals surface area contributed by atoms with E-state index >= 15 is 0 Å². The van der Waals surface area contributed by atoms with Gasteiger partial charge in [-0.25, -0.2) is 0 Å². The lowest BCUT2D eigenvalue weighted by molar-refractivity contribution is -0.121. The van der Waals surface area contributed by atoms with Gasteiger partial charge in [-0.3, -0.25) is 9.48 Å². The second-order valence-electron chi connectivity index (χ2n) is 6.62. The Labute approximate surface area is 170 Å². The number of rotatable bonds is 8. The first kappa shape index (κ1) is 20.0. The first-order valence-corrected chi connectivity index (χ1v) is 9.62. The summed E-state index contributed by atoms with van der Waals surface area (Å²) in [6.45, 7) is 5.51. The highest BCUT2D eigenvalue weighted by atomic mass is 35.5. The zero-order valence-electron chi connectivity index (χ0n) is 16.1. The van der Waals surface area contributed by atoms with E-state index in [1.54, 1.807) is 24.3 Å². The number of hydrogen-bond donors (Lipinski definition) is 1. The molecular formula is C22H24ClN3O2. The van der Waals surface area contributed by atoms with Gasteiger partial charge in [0.05, 0.1) is 25.3 Å². The molecule has 0 saturated carbocycles. The van der Waals surface area contributed by atoms with Gasteiger partial charge >= 0.3 is 0 Å². The number of aryl methyl sites for hydroxylation is 1. The van der Waals surface area contributed by atoms with Crippen molar-refractivity contribution in [3.8, 4) is 5.75 Å². The van der Waals surface area contributed by atoms with Gasteiger partial charge in [-0.1, -0.05) is 41.9 Å². The maximum absolute atomic E-state index is 12.1. The Morgan fingerprint density at radius 1 is 1.11 bits per heavy atom. The molecule has 146 valence electrons. The van der Waals surface area contributed by atoms with Gasteiger partial charge in [0.2, 0.25) is 5.91 Å². The molecular weight excluding hydrogens is 374 g/mol. The molecule has 0 saturated heterocycles. The molecule has 28 heavy (non-hydrogen) atoms. The summed E-state index contributed by atoms with van der Waals surface area (Å²) < 4.78 is 7.55. The zero-order chi connectivity index (χ0) is 19.9. The molecule has 0 atom stereocenters. The number of nitrogens with one attached hydrogen (secondary N) is 1. The Morgan fingerprint density at radius 2 is 1.82 bits per heavy atom. The van der Waals surface area contributed by atoms with Crippen molar-refractivity contribution in [2.45, 2.75) is 33.4 Å². The Hall–Kier alpha value is -2.79. The number of aromatic nitrogens is 2. The van der Waals surface area contributed by atoms with Crippen LogP contribution in [0.4, 0.5) is 0 Å². The van der Waals surface area contributed by atoms with Crippen LogP contribution >= 0.6 is 11.6 Å². The van der Waals surface area contributed by atoms with E-state index in [0.717, 1.165) is 23.5 Å². The Morgan fingerprint density at radius 3 is 2.54 bits per heavy atom. The predicted octanol–water partition coefficient (Wildman–Crippen LogP) is 4.29. The highest BCUT2D eigenvalue weighted by Gasteiger charge is 2.13. The highest BCUT2D eigenvalue weighted by Crippen LogP contribution is 2.16. The summed E-state index contributed by atoms with van der Waals surface area (Å²) in [6.07, 6.45) is 0.291. The number of ether oxygens (including phenoxy) is 1. The number of hydrogen-bond acceptors (Lipinski definition) is 3. The molecule has 0 unspecified atom stereocenters.